The first-order chi connectivity index (χ1) is 11.2. The summed E-state index contributed by atoms with van der Waals surface area (Å²) in [4.78, 5) is 11.5. The molecule has 1 aliphatic heterocycles. The van der Waals surface area contributed by atoms with Crippen LogP contribution in [0.3, 0.4) is 0 Å². The Morgan fingerprint density at radius 3 is 2.74 bits per heavy atom. The molecule has 2 unspecified atom stereocenters. The lowest BCUT2D eigenvalue weighted by molar-refractivity contribution is 0.684. The third-order valence-corrected chi connectivity index (χ3v) is 4.51. The van der Waals surface area contributed by atoms with E-state index in [2.05, 4.69) is 40.2 Å². The standard InChI is InChI=1S/C17H20N6/c1-12-6-7-13(2)23(12)16-5-3-4-15(21-16)20-14-8-9-19-22-11-10-18-17(14)22/h3-5,8-13H,6-7H2,1-2H3,(H,20,21). The molecule has 118 valence electrons. The molecule has 1 saturated heterocycles. The molecule has 4 heterocycles. The van der Waals surface area contributed by atoms with Gasteiger partial charge in [-0.05, 0) is 44.9 Å². The lowest BCUT2D eigenvalue weighted by Gasteiger charge is -2.27. The SMILES string of the molecule is CC1CCC(C)N1c1cccc(Nc2ccnn3ccnc23)n1. The summed E-state index contributed by atoms with van der Waals surface area (Å²) < 4.78 is 1.75. The van der Waals surface area contributed by atoms with Gasteiger partial charge in [-0.1, -0.05) is 6.07 Å². The lowest BCUT2D eigenvalue weighted by atomic mass is 10.2. The first-order valence-electron chi connectivity index (χ1n) is 8.03. The highest BCUT2D eigenvalue weighted by molar-refractivity contribution is 5.72. The minimum atomic E-state index is 0.535. The van der Waals surface area contributed by atoms with Crippen molar-refractivity contribution in [3.05, 3.63) is 42.9 Å². The summed E-state index contributed by atoms with van der Waals surface area (Å²) in [6.07, 6.45) is 7.77. The maximum atomic E-state index is 4.80. The molecule has 4 rings (SSSR count). The Bertz CT molecular complexity index is 817. The van der Waals surface area contributed by atoms with Crippen molar-refractivity contribution in [3.8, 4) is 0 Å². The number of aromatic nitrogens is 4. The van der Waals surface area contributed by atoms with E-state index in [-0.39, 0.29) is 0 Å². The van der Waals surface area contributed by atoms with Crippen LogP contribution in [-0.4, -0.2) is 31.7 Å². The fourth-order valence-corrected chi connectivity index (χ4v) is 3.36. The third-order valence-electron chi connectivity index (χ3n) is 4.51. The molecule has 0 saturated carbocycles. The Morgan fingerprint density at radius 2 is 1.91 bits per heavy atom. The molecule has 23 heavy (non-hydrogen) atoms. The second-order valence-electron chi connectivity index (χ2n) is 6.13. The van der Waals surface area contributed by atoms with Crippen LogP contribution in [0.4, 0.5) is 17.3 Å². The van der Waals surface area contributed by atoms with Crippen molar-refractivity contribution in [2.75, 3.05) is 10.2 Å². The summed E-state index contributed by atoms with van der Waals surface area (Å²) in [7, 11) is 0. The quantitative estimate of drug-likeness (QED) is 0.805. The number of pyridine rings is 1. The highest BCUT2D eigenvalue weighted by Gasteiger charge is 2.28. The van der Waals surface area contributed by atoms with E-state index in [0.29, 0.717) is 12.1 Å². The highest BCUT2D eigenvalue weighted by atomic mass is 15.3. The van der Waals surface area contributed by atoms with Crippen molar-refractivity contribution >= 4 is 23.0 Å². The van der Waals surface area contributed by atoms with Gasteiger partial charge in [-0.2, -0.15) is 5.10 Å². The van der Waals surface area contributed by atoms with Gasteiger partial charge in [0.05, 0.1) is 11.9 Å². The van der Waals surface area contributed by atoms with Crippen molar-refractivity contribution < 1.29 is 0 Å². The Hall–Kier alpha value is -2.63. The Morgan fingerprint density at radius 1 is 1.09 bits per heavy atom. The molecule has 0 bridgehead atoms. The van der Waals surface area contributed by atoms with Gasteiger partial charge in [0.2, 0.25) is 0 Å². The third kappa shape index (κ3) is 2.50. The summed E-state index contributed by atoms with van der Waals surface area (Å²) in [5, 5.41) is 7.59. The van der Waals surface area contributed by atoms with Crippen LogP contribution in [0.25, 0.3) is 5.65 Å². The largest absolute Gasteiger partial charge is 0.351 e. The van der Waals surface area contributed by atoms with Gasteiger partial charge in [0, 0.05) is 24.5 Å². The van der Waals surface area contributed by atoms with Crippen molar-refractivity contribution in [3.63, 3.8) is 0 Å². The summed E-state index contributed by atoms with van der Waals surface area (Å²) >= 11 is 0. The average molecular weight is 308 g/mol. The molecule has 0 radical (unpaired) electrons. The van der Waals surface area contributed by atoms with Crippen molar-refractivity contribution in [2.24, 2.45) is 0 Å². The van der Waals surface area contributed by atoms with E-state index in [1.165, 1.54) is 12.8 Å². The molecule has 6 heteroatoms. The molecule has 0 aliphatic carbocycles. The summed E-state index contributed by atoms with van der Waals surface area (Å²) in [6, 6.07) is 9.10. The van der Waals surface area contributed by atoms with E-state index < -0.39 is 0 Å². The molecule has 3 aromatic rings. The number of nitrogens with zero attached hydrogens (tertiary/aromatic N) is 5. The first kappa shape index (κ1) is 14.0. The zero-order valence-electron chi connectivity index (χ0n) is 13.3. The number of rotatable bonds is 3. The molecule has 0 amide bonds. The summed E-state index contributed by atoms with van der Waals surface area (Å²) in [6.45, 7) is 4.53. The van der Waals surface area contributed by atoms with Crippen LogP contribution in [0, 0.1) is 0 Å². The number of hydrogen-bond acceptors (Lipinski definition) is 5. The van der Waals surface area contributed by atoms with Crippen LogP contribution in [0.5, 0.6) is 0 Å². The van der Waals surface area contributed by atoms with Gasteiger partial charge < -0.3 is 10.2 Å². The zero-order valence-corrected chi connectivity index (χ0v) is 13.3. The lowest BCUT2D eigenvalue weighted by Crippen LogP contribution is -2.33. The summed E-state index contributed by atoms with van der Waals surface area (Å²) in [5.41, 5.74) is 1.69. The molecular formula is C17H20N6. The molecule has 0 spiro atoms. The molecule has 1 fully saturated rings. The van der Waals surface area contributed by atoms with Crippen molar-refractivity contribution in [1.29, 1.82) is 0 Å². The highest BCUT2D eigenvalue weighted by Crippen LogP contribution is 2.30. The van der Waals surface area contributed by atoms with E-state index in [1.54, 1.807) is 16.9 Å². The summed E-state index contributed by atoms with van der Waals surface area (Å²) in [5.74, 6) is 1.85. The second kappa shape index (κ2) is 5.53. The van der Waals surface area contributed by atoms with E-state index in [9.17, 15) is 0 Å². The molecule has 1 aliphatic rings. The van der Waals surface area contributed by atoms with Crippen molar-refractivity contribution in [2.45, 2.75) is 38.8 Å². The first-order valence-corrected chi connectivity index (χ1v) is 8.03. The number of nitrogens with one attached hydrogen (secondary N) is 1. The fraction of sp³-hybridized carbons (Fsp3) is 0.353. The van der Waals surface area contributed by atoms with Crippen LogP contribution in [0.1, 0.15) is 26.7 Å². The van der Waals surface area contributed by atoms with E-state index >= 15 is 0 Å². The maximum Gasteiger partial charge on any atom is 0.177 e. The minimum Gasteiger partial charge on any atom is -0.351 e. The van der Waals surface area contributed by atoms with Gasteiger partial charge >= 0.3 is 0 Å². The molecule has 6 nitrogen and oxygen atoms in total. The van der Waals surface area contributed by atoms with Gasteiger partial charge in [-0.15, -0.1) is 0 Å². The van der Waals surface area contributed by atoms with E-state index in [4.69, 9.17) is 4.98 Å². The average Bonchev–Trinajstić information content (AvgIpc) is 3.15. The van der Waals surface area contributed by atoms with Crippen molar-refractivity contribution in [1.82, 2.24) is 19.6 Å². The Kier molecular flexibility index (Phi) is 3.37. The van der Waals surface area contributed by atoms with Crippen LogP contribution >= 0.6 is 0 Å². The molecule has 0 aromatic carbocycles. The Labute approximate surface area is 135 Å². The number of hydrogen-bond donors (Lipinski definition) is 1. The number of fused-ring (bicyclic) bond motifs is 1. The Balaban J connectivity index is 1.65. The van der Waals surface area contributed by atoms with Crippen LogP contribution in [0.2, 0.25) is 0 Å². The van der Waals surface area contributed by atoms with Gasteiger partial charge in [-0.3, -0.25) is 0 Å². The number of anilines is 3. The molecule has 2 atom stereocenters. The molecule has 1 N–H and O–H groups in total. The zero-order chi connectivity index (χ0) is 15.8. The monoisotopic (exact) mass is 308 g/mol. The van der Waals surface area contributed by atoms with Gasteiger partial charge in [0.25, 0.3) is 0 Å². The second-order valence-corrected chi connectivity index (χ2v) is 6.13. The smallest absolute Gasteiger partial charge is 0.177 e. The van der Waals surface area contributed by atoms with Crippen LogP contribution < -0.4 is 10.2 Å². The predicted octanol–water partition coefficient (Wildman–Crippen LogP) is 3.25. The number of imidazole rings is 1. The van der Waals surface area contributed by atoms with Crippen LogP contribution in [0.15, 0.2) is 42.9 Å². The van der Waals surface area contributed by atoms with E-state index in [1.807, 2.05) is 24.4 Å². The van der Waals surface area contributed by atoms with Gasteiger partial charge in [-0.25, -0.2) is 14.5 Å². The molecular weight excluding hydrogens is 288 g/mol. The topological polar surface area (TPSA) is 58.4 Å². The predicted molar refractivity (Wildman–Crippen MR) is 91.1 cm³/mol. The maximum absolute atomic E-state index is 4.80. The molecule has 3 aromatic heterocycles. The van der Waals surface area contributed by atoms with Gasteiger partial charge in [0.1, 0.15) is 11.6 Å². The van der Waals surface area contributed by atoms with Gasteiger partial charge in [0.15, 0.2) is 5.65 Å². The van der Waals surface area contributed by atoms with E-state index in [0.717, 1.165) is 23.0 Å². The fourth-order valence-electron chi connectivity index (χ4n) is 3.36. The van der Waals surface area contributed by atoms with Crippen LogP contribution in [-0.2, 0) is 0 Å². The minimum absolute atomic E-state index is 0.535. The normalized spacial score (nSPS) is 21.0.